The van der Waals surface area contributed by atoms with Crippen LogP contribution in [0.1, 0.15) is 31.7 Å². The summed E-state index contributed by atoms with van der Waals surface area (Å²) in [6, 6.07) is 11.5. The first kappa shape index (κ1) is 12.7. The van der Waals surface area contributed by atoms with E-state index in [1.54, 1.807) is 0 Å². The van der Waals surface area contributed by atoms with Crippen LogP contribution in [0.2, 0.25) is 0 Å². The Bertz CT molecular complexity index is 445. The molecule has 2 saturated heterocycles. The first-order chi connectivity index (χ1) is 9.29. The molecule has 0 N–H and O–H groups in total. The molecule has 2 bridgehead atoms. The predicted octanol–water partition coefficient (Wildman–Crippen LogP) is 2.60. The number of hydrogen-bond acceptors (Lipinski definition) is 3. The first-order valence-electron chi connectivity index (χ1n) is 7.26. The minimum atomic E-state index is 0.00719. The fourth-order valence-corrected chi connectivity index (χ4v) is 3.64. The van der Waals surface area contributed by atoms with Crippen LogP contribution in [0, 0.1) is 5.92 Å². The van der Waals surface area contributed by atoms with E-state index >= 15 is 0 Å². The van der Waals surface area contributed by atoms with E-state index in [4.69, 9.17) is 4.74 Å². The third-order valence-corrected chi connectivity index (χ3v) is 4.48. The van der Waals surface area contributed by atoms with Gasteiger partial charge in [0.25, 0.3) is 0 Å². The van der Waals surface area contributed by atoms with Gasteiger partial charge in [0, 0.05) is 18.6 Å². The molecular weight excluding hydrogens is 238 g/mol. The summed E-state index contributed by atoms with van der Waals surface area (Å²) in [6.07, 6.45) is 3.35. The van der Waals surface area contributed by atoms with Gasteiger partial charge in [0.1, 0.15) is 0 Å². The molecular formula is C16H21NO2. The lowest BCUT2D eigenvalue weighted by Crippen LogP contribution is -2.33. The molecule has 0 spiro atoms. The Hall–Kier alpha value is -1.35. The van der Waals surface area contributed by atoms with Crippen LogP contribution in [0.15, 0.2) is 30.3 Å². The fourth-order valence-electron chi connectivity index (χ4n) is 3.64. The van der Waals surface area contributed by atoms with Crippen LogP contribution in [0.25, 0.3) is 0 Å². The highest BCUT2D eigenvalue weighted by Crippen LogP contribution is 2.42. The van der Waals surface area contributed by atoms with Crippen molar-refractivity contribution in [1.82, 2.24) is 4.90 Å². The number of ether oxygens (including phenoxy) is 1. The lowest BCUT2D eigenvalue weighted by atomic mass is 9.89. The molecule has 0 aliphatic carbocycles. The number of esters is 1. The number of carbonyl (C=O) groups excluding carboxylic acids is 1. The molecule has 102 valence electrons. The summed E-state index contributed by atoms with van der Waals surface area (Å²) in [4.78, 5) is 14.5. The third-order valence-electron chi connectivity index (χ3n) is 4.48. The molecule has 3 rings (SSSR count). The van der Waals surface area contributed by atoms with E-state index in [1.807, 2.05) is 13.0 Å². The molecule has 19 heavy (non-hydrogen) atoms. The van der Waals surface area contributed by atoms with E-state index in [-0.39, 0.29) is 11.9 Å². The van der Waals surface area contributed by atoms with E-state index in [1.165, 1.54) is 12.0 Å². The van der Waals surface area contributed by atoms with Crippen molar-refractivity contribution in [3.8, 4) is 0 Å². The van der Waals surface area contributed by atoms with Gasteiger partial charge in [0.2, 0.25) is 0 Å². The van der Waals surface area contributed by atoms with Crippen molar-refractivity contribution in [1.29, 1.82) is 0 Å². The summed E-state index contributed by atoms with van der Waals surface area (Å²) >= 11 is 0. The van der Waals surface area contributed by atoms with E-state index in [9.17, 15) is 4.79 Å². The number of rotatable bonds is 4. The van der Waals surface area contributed by atoms with Crippen molar-refractivity contribution in [3.63, 3.8) is 0 Å². The highest BCUT2D eigenvalue weighted by molar-refractivity contribution is 5.74. The third kappa shape index (κ3) is 2.39. The molecule has 3 heteroatoms. The van der Waals surface area contributed by atoms with Crippen LogP contribution in [-0.4, -0.2) is 29.6 Å². The summed E-state index contributed by atoms with van der Waals surface area (Å²) in [5.74, 6) is 0.107. The molecule has 2 aliphatic heterocycles. The van der Waals surface area contributed by atoms with Crippen LogP contribution >= 0.6 is 0 Å². The molecule has 1 aromatic rings. The molecule has 0 radical (unpaired) electrons. The Morgan fingerprint density at radius 1 is 1.32 bits per heavy atom. The second-order valence-corrected chi connectivity index (χ2v) is 5.55. The standard InChI is InChI=1S/C16H21NO2/c1-2-19-16(18)14-10-13-8-9-15(14)17(13)11-12-6-4-3-5-7-12/h3-7,13-15H,2,8-11H2,1H3/t13-,14+,15+/m0/s1. The highest BCUT2D eigenvalue weighted by atomic mass is 16.5. The van der Waals surface area contributed by atoms with E-state index < -0.39 is 0 Å². The molecule has 3 nitrogen and oxygen atoms in total. The summed E-state index contributed by atoms with van der Waals surface area (Å²) in [5.41, 5.74) is 1.34. The van der Waals surface area contributed by atoms with Gasteiger partial charge in [0.05, 0.1) is 12.5 Å². The highest BCUT2D eigenvalue weighted by Gasteiger charge is 2.49. The van der Waals surface area contributed by atoms with Gasteiger partial charge in [-0.2, -0.15) is 0 Å². The van der Waals surface area contributed by atoms with Crippen molar-refractivity contribution in [3.05, 3.63) is 35.9 Å². The second-order valence-electron chi connectivity index (χ2n) is 5.55. The Morgan fingerprint density at radius 3 is 2.84 bits per heavy atom. The van der Waals surface area contributed by atoms with E-state index in [2.05, 4.69) is 29.2 Å². The minimum Gasteiger partial charge on any atom is -0.466 e. The zero-order chi connectivity index (χ0) is 13.2. The summed E-state index contributed by atoms with van der Waals surface area (Å²) in [5, 5.41) is 0. The zero-order valence-electron chi connectivity index (χ0n) is 11.4. The molecule has 0 saturated carbocycles. The van der Waals surface area contributed by atoms with Crippen molar-refractivity contribution in [2.45, 2.75) is 44.8 Å². The average molecular weight is 259 g/mol. The number of benzene rings is 1. The number of hydrogen-bond donors (Lipinski definition) is 0. The summed E-state index contributed by atoms with van der Waals surface area (Å²) in [6.45, 7) is 3.34. The minimum absolute atomic E-state index is 0.00719. The van der Waals surface area contributed by atoms with Crippen molar-refractivity contribution < 1.29 is 9.53 Å². The largest absolute Gasteiger partial charge is 0.466 e. The lowest BCUT2D eigenvalue weighted by molar-refractivity contribution is -0.149. The van der Waals surface area contributed by atoms with Gasteiger partial charge in [-0.25, -0.2) is 0 Å². The van der Waals surface area contributed by atoms with Gasteiger partial charge < -0.3 is 4.74 Å². The zero-order valence-corrected chi connectivity index (χ0v) is 11.4. The van der Waals surface area contributed by atoms with Crippen LogP contribution in [-0.2, 0) is 16.1 Å². The van der Waals surface area contributed by atoms with Gasteiger partial charge in [-0.3, -0.25) is 9.69 Å². The predicted molar refractivity (Wildman–Crippen MR) is 73.5 cm³/mol. The molecule has 3 atom stereocenters. The van der Waals surface area contributed by atoms with Crippen molar-refractivity contribution >= 4 is 5.97 Å². The lowest BCUT2D eigenvalue weighted by Gasteiger charge is -2.23. The molecule has 2 aliphatic rings. The molecule has 2 fully saturated rings. The van der Waals surface area contributed by atoms with Gasteiger partial charge in [-0.15, -0.1) is 0 Å². The normalized spacial score (nSPS) is 29.6. The van der Waals surface area contributed by atoms with E-state index in [0.29, 0.717) is 18.7 Å². The summed E-state index contributed by atoms with van der Waals surface area (Å²) < 4.78 is 5.21. The summed E-state index contributed by atoms with van der Waals surface area (Å²) in [7, 11) is 0. The Kier molecular flexibility index (Phi) is 3.56. The smallest absolute Gasteiger partial charge is 0.310 e. The van der Waals surface area contributed by atoms with Crippen LogP contribution in [0.5, 0.6) is 0 Å². The van der Waals surface area contributed by atoms with Gasteiger partial charge >= 0.3 is 5.97 Å². The topological polar surface area (TPSA) is 29.5 Å². The molecule has 0 unspecified atom stereocenters. The van der Waals surface area contributed by atoms with Gasteiger partial charge in [0.15, 0.2) is 0 Å². The maximum Gasteiger partial charge on any atom is 0.310 e. The number of fused-ring (bicyclic) bond motifs is 2. The van der Waals surface area contributed by atoms with Crippen LogP contribution < -0.4 is 0 Å². The van der Waals surface area contributed by atoms with Gasteiger partial charge in [-0.1, -0.05) is 30.3 Å². The van der Waals surface area contributed by atoms with Crippen LogP contribution in [0.4, 0.5) is 0 Å². The molecule has 0 aromatic heterocycles. The maximum atomic E-state index is 12.0. The van der Waals surface area contributed by atoms with Crippen LogP contribution in [0.3, 0.4) is 0 Å². The molecule has 1 aromatic carbocycles. The number of carbonyl (C=O) groups is 1. The quantitative estimate of drug-likeness (QED) is 0.778. The molecule has 2 heterocycles. The monoisotopic (exact) mass is 259 g/mol. The average Bonchev–Trinajstić information content (AvgIpc) is 2.97. The SMILES string of the molecule is CCOC(=O)[C@@H]1C[C@@H]2CC[C@H]1N2Cc1ccccc1. The Morgan fingerprint density at radius 2 is 2.11 bits per heavy atom. The second kappa shape index (κ2) is 5.33. The first-order valence-corrected chi connectivity index (χ1v) is 7.26. The van der Waals surface area contributed by atoms with Gasteiger partial charge in [-0.05, 0) is 31.7 Å². The molecule has 0 amide bonds. The Balaban J connectivity index is 1.69. The van der Waals surface area contributed by atoms with Crippen molar-refractivity contribution in [2.24, 2.45) is 5.92 Å². The van der Waals surface area contributed by atoms with E-state index in [0.717, 1.165) is 19.4 Å². The Labute approximate surface area is 114 Å². The fraction of sp³-hybridized carbons (Fsp3) is 0.562. The number of nitrogens with zero attached hydrogens (tertiary/aromatic N) is 1. The van der Waals surface area contributed by atoms with Crippen molar-refractivity contribution in [2.75, 3.05) is 6.61 Å². The maximum absolute atomic E-state index is 12.0.